The summed E-state index contributed by atoms with van der Waals surface area (Å²) in [5.41, 5.74) is 13.0. The zero-order valence-corrected chi connectivity index (χ0v) is 19.4. The van der Waals surface area contributed by atoms with Crippen molar-refractivity contribution in [2.75, 3.05) is 5.73 Å². The monoisotopic (exact) mass is 494 g/mol. The van der Waals surface area contributed by atoms with Crippen LogP contribution in [0.2, 0.25) is 0 Å². The molecule has 3 heterocycles. The van der Waals surface area contributed by atoms with E-state index >= 15 is 0 Å². The van der Waals surface area contributed by atoms with Crippen LogP contribution < -0.4 is 11.1 Å². The first-order chi connectivity index (χ1) is 18.0. The summed E-state index contributed by atoms with van der Waals surface area (Å²) in [4.78, 5) is 13.0. The zero-order chi connectivity index (χ0) is 25.3. The molecule has 2 atom stereocenters. The van der Waals surface area contributed by atoms with Crippen LogP contribution in [-0.4, -0.2) is 16.1 Å². The van der Waals surface area contributed by atoms with E-state index in [4.69, 9.17) is 10.5 Å². The molecule has 1 amide bonds. The molecule has 4 N–H and O–H groups in total. The average Bonchev–Trinajstić information content (AvgIpc) is 3.59. The molecule has 8 heteroatoms. The standard InChI is InChI=1S/C29H20F2N4O2/c30-17-4-8-18(24(31)12-17)15-2-6-19-22(10-15)27-23-11-16(3-7-20(23)26(19)37-27)29(36)33-13-14-1-5-21-25(9-14)34-35-28(21)32/h1-12,26-27H,13H2,(H,33,36)(H3,32,34,35). The Morgan fingerprint density at radius 2 is 1.70 bits per heavy atom. The second-order valence-corrected chi connectivity index (χ2v) is 9.38. The minimum absolute atomic E-state index is 0.197. The number of halogens is 2. The number of nitrogens with one attached hydrogen (secondary N) is 2. The van der Waals surface area contributed by atoms with Crippen molar-refractivity contribution >= 4 is 22.6 Å². The van der Waals surface area contributed by atoms with E-state index in [9.17, 15) is 13.6 Å². The highest BCUT2D eigenvalue weighted by molar-refractivity contribution is 5.95. The number of H-pyrrole nitrogens is 1. The van der Waals surface area contributed by atoms with Gasteiger partial charge in [0.25, 0.3) is 5.91 Å². The highest BCUT2D eigenvalue weighted by Crippen LogP contribution is 2.54. The maximum atomic E-state index is 14.4. The Bertz CT molecular complexity index is 1750. The number of ether oxygens (including phenoxy) is 1. The molecular formula is C29H20F2N4O2. The molecule has 37 heavy (non-hydrogen) atoms. The Labute approximate surface area is 210 Å². The summed E-state index contributed by atoms with van der Waals surface area (Å²) in [6.07, 6.45) is -0.577. The first-order valence-electron chi connectivity index (χ1n) is 11.9. The number of carbonyl (C=O) groups is 1. The molecule has 2 unspecified atom stereocenters. The van der Waals surface area contributed by atoms with E-state index in [1.807, 2.05) is 48.5 Å². The van der Waals surface area contributed by atoms with Gasteiger partial charge in [-0.1, -0.05) is 24.3 Å². The van der Waals surface area contributed by atoms with Crippen molar-refractivity contribution in [1.29, 1.82) is 0 Å². The lowest BCUT2D eigenvalue weighted by Crippen LogP contribution is -2.23. The van der Waals surface area contributed by atoms with Crippen LogP contribution in [-0.2, 0) is 11.3 Å². The lowest BCUT2D eigenvalue weighted by Gasteiger charge is -2.18. The number of nitrogens with two attached hydrogens (primary N) is 1. The van der Waals surface area contributed by atoms with Gasteiger partial charge in [0, 0.05) is 29.1 Å². The van der Waals surface area contributed by atoms with Crippen LogP contribution in [0.5, 0.6) is 0 Å². The summed E-state index contributed by atoms with van der Waals surface area (Å²) in [6, 6.07) is 20.5. The molecule has 2 aliphatic heterocycles. The number of aromatic amines is 1. The quantitative estimate of drug-likeness (QED) is 0.306. The van der Waals surface area contributed by atoms with Gasteiger partial charge in [-0.3, -0.25) is 9.89 Å². The Kier molecular flexibility index (Phi) is 4.68. The van der Waals surface area contributed by atoms with Crippen LogP contribution in [0.1, 0.15) is 50.4 Å². The molecule has 2 bridgehead atoms. The Hall–Kier alpha value is -4.56. The van der Waals surface area contributed by atoms with Crippen LogP contribution in [0.4, 0.5) is 14.6 Å². The van der Waals surface area contributed by atoms with Crippen LogP contribution >= 0.6 is 0 Å². The maximum absolute atomic E-state index is 14.4. The summed E-state index contributed by atoms with van der Waals surface area (Å²) >= 11 is 0. The third-order valence-corrected chi connectivity index (χ3v) is 7.19. The number of aromatic nitrogens is 2. The van der Waals surface area contributed by atoms with Crippen molar-refractivity contribution in [3.05, 3.63) is 118 Å². The first kappa shape index (κ1) is 21.7. The normalized spacial score (nSPS) is 17.1. The van der Waals surface area contributed by atoms with Crippen molar-refractivity contribution in [1.82, 2.24) is 15.5 Å². The number of nitrogen functional groups attached to an aromatic ring is 1. The molecule has 1 aromatic heterocycles. The number of anilines is 1. The topological polar surface area (TPSA) is 93.0 Å². The van der Waals surface area contributed by atoms with Gasteiger partial charge in [-0.25, -0.2) is 8.78 Å². The van der Waals surface area contributed by atoms with E-state index in [2.05, 4.69) is 15.5 Å². The fourth-order valence-corrected chi connectivity index (χ4v) is 5.36. The van der Waals surface area contributed by atoms with Crippen molar-refractivity contribution in [3.8, 4) is 11.1 Å². The predicted molar refractivity (Wildman–Crippen MR) is 135 cm³/mol. The van der Waals surface area contributed by atoms with Crippen LogP contribution in [0.25, 0.3) is 22.0 Å². The largest absolute Gasteiger partial charge is 0.382 e. The summed E-state index contributed by atoms with van der Waals surface area (Å²) in [5.74, 6) is -0.983. The molecule has 2 aliphatic rings. The van der Waals surface area contributed by atoms with Gasteiger partial charge in [-0.15, -0.1) is 0 Å². The van der Waals surface area contributed by atoms with E-state index in [1.165, 1.54) is 12.1 Å². The molecule has 0 spiro atoms. The third kappa shape index (κ3) is 3.41. The van der Waals surface area contributed by atoms with Gasteiger partial charge in [0.1, 0.15) is 23.8 Å². The second kappa shape index (κ2) is 7.97. The van der Waals surface area contributed by atoms with E-state index in [-0.39, 0.29) is 18.1 Å². The van der Waals surface area contributed by atoms with Crippen molar-refractivity contribution in [3.63, 3.8) is 0 Å². The third-order valence-electron chi connectivity index (χ3n) is 7.19. The fourth-order valence-electron chi connectivity index (χ4n) is 5.36. The van der Waals surface area contributed by atoms with Gasteiger partial charge in [0.2, 0.25) is 0 Å². The van der Waals surface area contributed by atoms with Crippen molar-refractivity contribution < 1.29 is 18.3 Å². The average molecular weight is 495 g/mol. The van der Waals surface area contributed by atoms with E-state index in [1.54, 1.807) is 6.07 Å². The fraction of sp³-hybridized carbons (Fsp3) is 0.103. The maximum Gasteiger partial charge on any atom is 0.251 e. The van der Waals surface area contributed by atoms with E-state index in [0.29, 0.717) is 29.1 Å². The number of carbonyl (C=O) groups excluding carboxylic acids is 1. The zero-order valence-electron chi connectivity index (χ0n) is 19.4. The Balaban J connectivity index is 1.14. The number of amides is 1. The van der Waals surface area contributed by atoms with Gasteiger partial charge in [-0.05, 0) is 75.8 Å². The van der Waals surface area contributed by atoms with Crippen LogP contribution in [0.15, 0.2) is 72.8 Å². The van der Waals surface area contributed by atoms with Gasteiger partial charge >= 0.3 is 0 Å². The minimum Gasteiger partial charge on any atom is -0.382 e. The summed E-state index contributed by atoms with van der Waals surface area (Å²) in [6.45, 7) is 0.350. The predicted octanol–water partition coefficient (Wildman–Crippen LogP) is 5.54. The molecule has 6 nitrogen and oxygen atoms in total. The van der Waals surface area contributed by atoms with E-state index < -0.39 is 11.6 Å². The summed E-state index contributed by atoms with van der Waals surface area (Å²) in [7, 11) is 0. The number of fused-ring (bicyclic) bond motifs is 9. The Morgan fingerprint density at radius 1 is 0.919 bits per heavy atom. The summed E-state index contributed by atoms with van der Waals surface area (Å²) in [5, 5.41) is 10.7. The molecular weight excluding hydrogens is 474 g/mol. The van der Waals surface area contributed by atoms with Crippen LogP contribution in [0.3, 0.4) is 0 Å². The molecule has 0 radical (unpaired) electrons. The summed E-state index contributed by atoms with van der Waals surface area (Å²) < 4.78 is 34.0. The molecule has 0 aliphatic carbocycles. The number of hydrogen-bond donors (Lipinski definition) is 3. The molecule has 7 rings (SSSR count). The first-order valence-corrected chi connectivity index (χ1v) is 11.9. The van der Waals surface area contributed by atoms with Gasteiger partial charge in [-0.2, -0.15) is 5.10 Å². The van der Waals surface area contributed by atoms with Crippen LogP contribution in [0, 0.1) is 11.6 Å². The molecule has 0 fully saturated rings. The van der Waals surface area contributed by atoms with Gasteiger partial charge < -0.3 is 15.8 Å². The highest BCUT2D eigenvalue weighted by atomic mass is 19.1. The number of rotatable bonds is 4. The van der Waals surface area contributed by atoms with Gasteiger partial charge in [0.15, 0.2) is 5.82 Å². The SMILES string of the molecule is Nc1n[nH]c2cc(CNC(=O)c3ccc4c(c3)C3OC4c4ccc(-c5ccc(F)cc5F)cc43)ccc12. The van der Waals surface area contributed by atoms with Gasteiger partial charge in [0.05, 0.1) is 5.52 Å². The lowest BCUT2D eigenvalue weighted by molar-refractivity contribution is 0.0857. The smallest absolute Gasteiger partial charge is 0.251 e. The Morgan fingerprint density at radius 3 is 2.54 bits per heavy atom. The molecule has 5 aromatic rings. The molecule has 0 saturated carbocycles. The van der Waals surface area contributed by atoms with Crippen molar-refractivity contribution in [2.45, 2.75) is 18.8 Å². The lowest BCUT2D eigenvalue weighted by atomic mass is 9.83. The molecule has 4 aromatic carbocycles. The van der Waals surface area contributed by atoms with Crippen molar-refractivity contribution in [2.24, 2.45) is 0 Å². The number of nitrogens with zero attached hydrogens (tertiary/aromatic N) is 1. The molecule has 0 saturated heterocycles. The second-order valence-electron chi connectivity index (χ2n) is 9.38. The number of hydrogen-bond acceptors (Lipinski definition) is 4. The number of benzene rings is 4. The highest BCUT2D eigenvalue weighted by Gasteiger charge is 2.43. The molecule has 182 valence electrons. The van der Waals surface area contributed by atoms with E-state index in [0.717, 1.165) is 44.8 Å². The minimum atomic E-state index is -0.615.